The highest BCUT2D eigenvalue weighted by Gasteiger charge is 2.39. The van der Waals surface area contributed by atoms with Crippen LogP contribution in [0.1, 0.15) is 51.4 Å². The van der Waals surface area contributed by atoms with Crippen LogP contribution >= 0.6 is 15.9 Å². The summed E-state index contributed by atoms with van der Waals surface area (Å²) >= 11 is 3.69. The number of hydrogen-bond donors (Lipinski definition) is 1. The molecule has 2 rings (SSSR count). The Hall–Kier alpha value is -0.350. The monoisotopic (exact) mass is 327 g/mol. The molecule has 1 saturated carbocycles. The molecule has 1 aliphatic rings. The van der Waals surface area contributed by atoms with Crippen molar-refractivity contribution in [2.75, 3.05) is 0 Å². The van der Waals surface area contributed by atoms with E-state index in [1.165, 1.54) is 18.5 Å². The molecule has 1 aromatic heterocycles. The van der Waals surface area contributed by atoms with Crippen molar-refractivity contribution >= 4 is 15.9 Å². The van der Waals surface area contributed by atoms with Crippen LogP contribution in [0.15, 0.2) is 4.47 Å². The van der Waals surface area contributed by atoms with Gasteiger partial charge in [0.25, 0.3) is 0 Å². The molecule has 1 heterocycles. The summed E-state index contributed by atoms with van der Waals surface area (Å²) < 4.78 is 3.24. The first-order chi connectivity index (χ1) is 8.89. The minimum absolute atomic E-state index is 0.0837. The first kappa shape index (κ1) is 15.0. The Morgan fingerprint density at radius 2 is 2.16 bits per heavy atom. The van der Waals surface area contributed by atoms with Crippen molar-refractivity contribution in [2.24, 2.45) is 17.6 Å². The summed E-state index contributed by atoms with van der Waals surface area (Å²) in [5.41, 5.74) is 9.01. The summed E-state index contributed by atoms with van der Waals surface area (Å²) in [6, 6.07) is 0. The SMILES string of the molecule is CCn1nc(C)c(Br)c1CC1(N)CCCC(C)C1C. The zero-order valence-electron chi connectivity index (χ0n) is 12.5. The van der Waals surface area contributed by atoms with Gasteiger partial charge in [-0.3, -0.25) is 4.68 Å². The third kappa shape index (κ3) is 2.75. The molecule has 3 unspecified atom stereocenters. The van der Waals surface area contributed by atoms with Gasteiger partial charge in [-0.15, -0.1) is 0 Å². The third-order valence-electron chi connectivity index (χ3n) is 5.01. The first-order valence-corrected chi connectivity index (χ1v) is 8.19. The predicted molar refractivity (Wildman–Crippen MR) is 83.1 cm³/mol. The molecule has 108 valence electrons. The van der Waals surface area contributed by atoms with Crippen LogP contribution in [-0.4, -0.2) is 15.3 Å². The van der Waals surface area contributed by atoms with Gasteiger partial charge in [0.15, 0.2) is 0 Å². The molecule has 0 aliphatic heterocycles. The molecule has 4 heteroatoms. The number of aryl methyl sites for hydroxylation is 2. The third-order valence-corrected chi connectivity index (χ3v) is 6.04. The number of halogens is 1. The topological polar surface area (TPSA) is 43.8 Å². The first-order valence-electron chi connectivity index (χ1n) is 7.39. The van der Waals surface area contributed by atoms with Crippen molar-refractivity contribution in [1.29, 1.82) is 0 Å². The molecule has 3 atom stereocenters. The number of rotatable bonds is 3. The van der Waals surface area contributed by atoms with Crippen LogP contribution in [0.4, 0.5) is 0 Å². The van der Waals surface area contributed by atoms with Gasteiger partial charge in [0.05, 0.1) is 15.9 Å². The largest absolute Gasteiger partial charge is 0.324 e. The van der Waals surface area contributed by atoms with Gasteiger partial charge in [-0.05, 0) is 48.0 Å². The van der Waals surface area contributed by atoms with E-state index in [9.17, 15) is 0 Å². The Morgan fingerprint density at radius 1 is 1.47 bits per heavy atom. The van der Waals surface area contributed by atoms with Crippen LogP contribution < -0.4 is 5.73 Å². The van der Waals surface area contributed by atoms with Crippen molar-refractivity contribution in [3.63, 3.8) is 0 Å². The van der Waals surface area contributed by atoms with Crippen molar-refractivity contribution in [3.8, 4) is 0 Å². The Kier molecular flexibility index (Phi) is 4.41. The lowest BCUT2D eigenvalue weighted by Gasteiger charge is -2.43. The molecule has 1 aromatic rings. The average Bonchev–Trinajstić information content (AvgIpc) is 2.64. The van der Waals surface area contributed by atoms with Gasteiger partial charge in [0.2, 0.25) is 0 Å². The highest BCUT2D eigenvalue weighted by atomic mass is 79.9. The molecule has 1 fully saturated rings. The lowest BCUT2D eigenvalue weighted by molar-refractivity contribution is 0.141. The Bertz CT molecular complexity index is 454. The molecule has 0 spiro atoms. The highest BCUT2D eigenvalue weighted by molar-refractivity contribution is 9.10. The van der Waals surface area contributed by atoms with Crippen molar-refractivity contribution in [3.05, 3.63) is 15.9 Å². The molecular formula is C15H26BrN3. The van der Waals surface area contributed by atoms with E-state index >= 15 is 0 Å². The standard InChI is InChI=1S/C15H26BrN3/c1-5-19-13(14(16)12(4)18-19)9-15(17)8-6-7-10(2)11(15)3/h10-11H,5-9,17H2,1-4H3. The van der Waals surface area contributed by atoms with Crippen LogP contribution in [0.5, 0.6) is 0 Å². The molecule has 0 saturated heterocycles. The van der Waals surface area contributed by atoms with Crippen molar-refractivity contribution in [1.82, 2.24) is 9.78 Å². The quantitative estimate of drug-likeness (QED) is 0.920. The number of hydrogen-bond acceptors (Lipinski definition) is 2. The van der Waals surface area contributed by atoms with E-state index in [1.807, 2.05) is 0 Å². The maximum Gasteiger partial charge on any atom is 0.0738 e. The summed E-state index contributed by atoms with van der Waals surface area (Å²) in [4.78, 5) is 0. The second-order valence-corrected chi connectivity index (χ2v) is 7.02. The fourth-order valence-corrected chi connectivity index (χ4v) is 3.82. The minimum atomic E-state index is -0.0837. The van der Waals surface area contributed by atoms with Crippen LogP contribution in [0.2, 0.25) is 0 Å². The van der Waals surface area contributed by atoms with E-state index in [4.69, 9.17) is 5.73 Å². The maximum absolute atomic E-state index is 6.76. The van der Waals surface area contributed by atoms with Gasteiger partial charge in [0.1, 0.15) is 0 Å². The second kappa shape index (κ2) is 5.57. The van der Waals surface area contributed by atoms with Gasteiger partial charge in [0, 0.05) is 18.5 Å². The molecule has 19 heavy (non-hydrogen) atoms. The zero-order valence-corrected chi connectivity index (χ0v) is 14.1. The molecule has 3 nitrogen and oxygen atoms in total. The summed E-state index contributed by atoms with van der Waals surface area (Å²) in [7, 11) is 0. The van der Waals surface area contributed by atoms with Crippen LogP contribution in [-0.2, 0) is 13.0 Å². The lowest BCUT2D eigenvalue weighted by atomic mass is 9.67. The van der Waals surface area contributed by atoms with E-state index in [1.54, 1.807) is 0 Å². The number of aromatic nitrogens is 2. The van der Waals surface area contributed by atoms with E-state index in [-0.39, 0.29) is 5.54 Å². The zero-order chi connectivity index (χ0) is 14.2. The summed E-state index contributed by atoms with van der Waals surface area (Å²) in [5.74, 6) is 1.28. The van der Waals surface area contributed by atoms with Gasteiger partial charge < -0.3 is 5.73 Å². The highest BCUT2D eigenvalue weighted by Crippen LogP contribution is 2.39. The lowest BCUT2D eigenvalue weighted by Crippen LogP contribution is -2.52. The van der Waals surface area contributed by atoms with E-state index < -0.39 is 0 Å². The Balaban J connectivity index is 2.29. The van der Waals surface area contributed by atoms with Crippen molar-refractivity contribution < 1.29 is 0 Å². The van der Waals surface area contributed by atoms with Crippen LogP contribution in [0, 0.1) is 18.8 Å². The van der Waals surface area contributed by atoms with E-state index in [0.29, 0.717) is 5.92 Å². The van der Waals surface area contributed by atoms with Gasteiger partial charge in [-0.1, -0.05) is 26.7 Å². The fourth-order valence-electron chi connectivity index (χ4n) is 3.40. The summed E-state index contributed by atoms with van der Waals surface area (Å²) in [5, 5.41) is 4.58. The van der Waals surface area contributed by atoms with Crippen molar-refractivity contribution in [2.45, 2.75) is 65.5 Å². The summed E-state index contributed by atoms with van der Waals surface area (Å²) in [6.07, 6.45) is 4.61. The summed E-state index contributed by atoms with van der Waals surface area (Å²) in [6.45, 7) is 9.75. The predicted octanol–water partition coefficient (Wildman–Crippen LogP) is 3.67. The van der Waals surface area contributed by atoms with E-state index in [0.717, 1.165) is 35.5 Å². The maximum atomic E-state index is 6.76. The van der Waals surface area contributed by atoms with Crippen LogP contribution in [0.3, 0.4) is 0 Å². The molecule has 0 amide bonds. The molecule has 0 radical (unpaired) electrons. The Labute approximate surface area is 125 Å². The fraction of sp³-hybridized carbons (Fsp3) is 0.800. The van der Waals surface area contributed by atoms with Gasteiger partial charge in [-0.2, -0.15) is 5.10 Å². The second-order valence-electron chi connectivity index (χ2n) is 6.23. The number of nitrogens with two attached hydrogens (primary N) is 1. The van der Waals surface area contributed by atoms with Gasteiger partial charge >= 0.3 is 0 Å². The molecular weight excluding hydrogens is 302 g/mol. The molecule has 1 aliphatic carbocycles. The number of nitrogens with zero attached hydrogens (tertiary/aromatic N) is 2. The molecule has 2 N–H and O–H groups in total. The molecule has 0 bridgehead atoms. The minimum Gasteiger partial charge on any atom is -0.324 e. The van der Waals surface area contributed by atoms with Crippen LogP contribution in [0.25, 0.3) is 0 Å². The normalized spacial score (nSPS) is 31.7. The Morgan fingerprint density at radius 3 is 2.79 bits per heavy atom. The molecule has 0 aromatic carbocycles. The van der Waals surface area contributed by atoms with E-state index in [2.05, 4.69) is 53.4 Å². The smallest absolute Gasteiger partial charge is 0.0738 e. The van der Waals surface area contributed by atoms with Gasteiger partial charge in [-0.25, -0.2) is 0 Å². The average molecular weight is 328 g/mol.